The molecule has 2 N–H and O–H groups in total. The molecular formula is C10H6Na2O11S2. The molecule has 1 aromatic rings. The number of aliphatic carboxylic acids is 1. The van der Waals surface area contributed by atoms with Gasteiger partial charge < -0.3 is 24.3 Å². The molecule has 1 aliphatic heterocycles. The van der Waals surface area contributed by atoms with Gasteiger partial charge in [-0.3, -0.25) is 4.55 Å². The first kappa shape index (κ1) is 24.9. The van der Waals surface area contributed by atoms with Crippen molar-refractivity contribution in [3.63, 3.8) is 0 Å². The molecule has 11 nitrogen and oxygen atoms in total. The summed E-state index contributed by atoms with van der Waals surface area (Å²) in [5, 5.41) is 20.1. The van der Waals surface area contributed by atoms with Gasteiger partial charge in [-0.15, -0.1) is 0 Å². The first-order valence-corrected chi connectivity index (χ1v) is 8.40. The Morgan fingerprint density at radius 1 is 1.20 bits per heavy atom. The zero-order valence-electron chi connectivity index (χ0n) is 12.7. The number of carbonyl (C=O) groups is 2. The number of carbonyl (C=O) groups excluding carboxylic acids is 2. The molecule has 0 saturated heterocycles. The van der Waals surface area contributed by atoms with E-state index in [0.717, 1.165) is 0 Å². The Morgan fingerprint density at radius 2 is 1.72 bits per heavy atom. The van der Waals surface area contributed by atoms with Crippen LogP contribution in [0.1, 0.15) is 22.0 Å². The van der Waals surface area contributed by atoms with Crippen LogP contribution in [0.15, 0.2) is 21.9 Å². The molecule has 126 valence electrons. The van der Waals surface area contributed by atoms with Gasteiger partial charge in [-0.1, -0.05) is 0 Å². The number of ether oxygens (including phenoxy) is 1. The first-order valence-electron chi connectivity index (χ1n) is 5.55. The molecule has 0 spiro atoms. The van der Waals surface area contributed by atoms with Crippen molar-refractivity contribution in [2.75, 3.05) is 0 Å². The smallest absolute Gasteiger partial charge is 0.744 e. The monoisotopic (exact) mass is 412 g/mol. The van der Waals surface area contributed by atoms with E-state index in [9.17, 15) is 41.2 Å². The number of rotatable bonds is 4. The number of carboxylic acids is 1. The van der Waals surface area contributed by atoms with Crippen molar-refractivity contribution < 1.29 is 110 Å². The number of aliphatic hydroxyl groups is 1. The second-order valence-corrected chi connectivity index (χ2v) is 7.17. The summed E-state index contributed by atoms with van der Waals surface area (Å²) in [7, 11) is -10.4. The van der Waals surface area contributed by atoms with E-state index in [-0.39, 0.29) is 65.2 Å². The van der Waals surface area contributed by atoms with Gasteiger partial charge >= 0.3 is 65.1 Å². The fourth-order valence-electron chi connectivity index (χ4n) is 2.00. The van der Waals surface area contributed by atoms with Crippen molar-refractivity contribution in [2.45, 2.75) is 22.0 Å². The van der Waals surface area contributed by atoms with Crippen LogP contribution >= 0.6 is 0 Å². The standard InChI is InChI=1S/C10H8O11S2.2Na/c11-7(9(12)13)8-4-1-3(22(15,16)17)2-5(23(18,19)20)6(4)10(14)21-8;;/h1-2,7-8,11H,(H,12,13)(H,15,16,17)(H,18,19,20);;/q;2*+1/p-2. The first-order chi connectivity index (χ1) is 10.3. The van der Waals surface area contributed by atoms with Crippen molar-refractivity contribution in [3.8, 4) is 0 Å². The average molecular weight is 412 g/mol. The van der Waals surface area contributed by atoms with Gasteiger partial charge in [-0.05, 0) is 12.1 Å². The molecule has 0 saturated carbocycles. The fourth-order valence-corrected chi connectivity index (χ4v) is 3.34. The summed E-state index contributed by atoms with van der Waals surface area (Å²) in [5.74, 6) is -3.53. The minimum atomic E-state index is -5.23. The van der Waals surface area contributed by atoms with Crippen LogP contribution < -0.4 is 64.2 Å². The van der Waals surface area contributed by atoms with Gasteiger partial charge in [-0.2, -0.15) is 8.42 Å². The maximum absolute atomic E-state index is 11.7. The Kier molecular flexibility index (Phi) is 8.29. The SMILES string of the molecule is O=C1OC(C(O)C(=O)[O-])c2cc(S(=O)(=O)[O-])cc(S(=O)(=O)O)c21.[Na+].[Na+]. The minimum absolute atomic E-state index is 0. The number of benzene rings is 1. The molecule has 1 aliphatic rings. The zero-order valence-corrected chi connectivity index (χ0v) is 18.3. The van der Waals surface area contributed by atoms with Crippen molar-refractivity contribution in [1.82, 2.24) is 0 Å². The van der Waals surface area contributed by atoms with Gasteiger partial charge in [0.2, 0.25) is 0 Å². The number of aliphatic hydroxyl groups excluding tert-OH is 1. The van der Waals surface area contributed by atoms with E-state index in [1.165, 1.54) is 0 Å². The van der Waals surface area contributed by atoms with Gasteiger partial charge in [0.15, 0.2) is 6.10 Å². The van der Waals surface area contributed by atoms with Crippen LogP contribution in [-0.2, 0) is 29.8 Å². The molecule has 25 heavy (non-hydrogen) atoms. The Morgan fingerprint density at radius 3 is 2.12 bits per heavy atom. The maximum atomic E-state index is 11.7. The van der Waals surface area contributed by atoms with E-state index in [2.05, 4.69) is 4.74 Å². The number of cyclic esters (lactones) is 1. The van der Waals surface area contributed by atoms with Crippen LogP contribution in [0.3, 0.4) is 0 Å². The Labute approximate surface area is 185 Å². The maximum Gasteiger partial charge on any atom is 1.00 e. The van der Waals surface area contributed by atoms with Crippen LogP contribution in [0.5, 0.6) is 0 Å². The Hall–Kier alpha value is -0.0600. The van der Waals surface area contributed by atoms with E-state index < -0.39 is 65.3 Å². The third kappa shape index (κ3) is 5.01. The van der Waals surface area contributed by atoms with E-state index in [0.29, 0.717) is 6.07 Å². The third-order valence-electron chi connectivity index (χ3n) is 2.95. The van der Waals surface area contributed by atoms with Gasteiger partial charge in [-0.25, -0.2) is 13.2 Å². The molecule has 0 fully saturated rings. The molecule has 1 aromatic carbocycles. The largest absolute Gasteiger partial charge is 1.00 e. The van der Waals surface area contributed by atoms with E-state index >= 15 is 0 Å². The van der Waals surface area contributed by atoms with Crippen LogP contribution in [0.4, 0.5) is 0 Å². The molecule has 2 atom stereocenters. The second kappa shape index (κ2) is 8.31. The quantitative estimate of drug-likeness (QED) is 0.270. The summed E-state index contributed by atoms with van der Waals surface area (Å²) in [5.41, 5.74) is -1.58. The third-order valence-corrected chi connectivity index (χ3v) is 4.64. The predicted molar refractivity (Wildman–Crippen MR) is 63.4 cm³/mol. The number of hydrogen-bond acceptors (Lipinski definition) is 10. The number of fused-ring (bicyclic) bond motifs is 1. The van der Waals surface area contributed by atoms with Crippen molar-refractivity contribution in [3.05, 3.63) is 23.3 Å². The average Bonchev–Trinajstić information content (AvgIpc) is 2.72. The molecule has 2 unspecified atom stereocenters. The second-order valence-electron chi connectivity index (χ2n) is 4.40. The molecule has 0 bridgehead atoms. The van der Waals surface area contributed by atoms with Crippen molar-refractivity contribution >= 4 is 32.2 Å². The van der Waals surface area contributed by atoms with Crippen LogP contribution in [-0.4, -0.2) is 49.1 Å². The molecule has 0 radical (unpaired) electrons. The van der Waals surface area contributed by atoms with Crippen LogP contribution in [0.2, 0.25) is 0 Å². The fraction of sp³-hybridized carbons (Fsp3) is 0.200. The number of carboxylic acid groups (broad SMARTS) is 1. The molecule has 15 heteroatoms. The van der Waals surface area contributed by atoms with Crippen molar-refractivity contribution in [1.29, 1.82) is 0 Å². The molecule has 2 rings (SSSR count). The Bertz CT molecular complexity index is 922. The number of hydrogen-bond donors (Lipinski definition) is 2. The zero-order chi connectivity index (χ0) is 17.7. The summed E-state index contributed by atoms with van der Waals surface area (Å²) >= 11 is 0. The summed E-state index contributed by atoms with van der Waals surface area (Å²) in [6.07, 6.45) is -4.47. The summed E-state index contributed by atoms with van der Waals surface area (Å²) < 4.78 is 69.3. The van der Waals surface area contributed by atoms with Gasteiger partial charge in [0.1, 0.15) is 21.1 Å². The van der Waals surface area contributed by atoms with Crippen molar-refractivity contribution in [2.24, 2.45) is 0 Å². The summed E-state index contributed by atoms with van der Waals surface area (Å²) in [6, 6.07) is 0.708. The summed E-state index contributed by atoms with van der Waals surface area (Å²) in [6.45, 7) is 0. The van der Waals surface area contributed by atoms with Gasteiger partial charge in [0, 0.05) is 5.56 Å². The molecule has 1 heterocycles. The molecule has 0 aromatic heterocycles. The molecule has 0 amide bonds. The normalized spacial score (nSPS) is 17.6. The van der Waals surface area contributed by atoms with Gasteiger partial charge in [0.25, 0.3) is 10.1 Å². The molecule has 0 aliphatic carbocycles. The summed E-state index contributed by atoms with van der Waals surface area (Å²) in [4.78, 5) is 19.9. The van der Waals surface area contributed by atoms with Crippen LogP contribution in [0.25, 0.3) is 0 Å². The predicted octanol–water partition coefficient (Wildman–Crippen LogP) is -8.83. The van der Waals surface area contributed by atoms with E-state index in [1.807, 2.05) is 0 Å². The van der Waals surface area contributed by atoms with E-state index in [4.69, 9.17) is 4.55 Å². The Balaban J connectivity index is 0.00000288. The van der Waals surface area contributed by atoms with Gasteiger partial charge in [0.05, 0.1) is 16.4 Å². The van der Waals surface area contributed by atoms with Crippen LogP contribution in [0, 0.1) is 0 Å². The van der Waals surface area contributed by atoms with E-state index in [1.54, 1.807) is 0 Å². The number of esters is 1. The molecular weight excluding hydrogens is 406 g/mol. The minimum Gasteiger partial charge on any atom is -0.744 e. The topological polar surface area (TPSA) is 198 Å².